The van der Waals surface area contributed by atoms with Gasteiger partial charge in [-0.2, -0.15) is 4.98 Å². The number of hydrogen-bond acceptors (Lipinski definition) is 7. The first-order valence-corrected chi connectivity index (χ1v) is 14.0. The summed E-state index contributed by atoms with van der Waals surface area (Å²) >= 11 is 0. The lowest BCUT2D eigenvalue weighted by Crippen LogP contribution is -2.60. The van der Waals surface area contributed by atoms with Crippen molar-refractivity contribution in [1.82, 2.24) is 24.4 Å². The molecule has 41 heavy (non-hydrogen) atoms. The highest BCUT2D eigenvalue weighted by molar-refractivity contribution is 5.84. The minimum absolute atomic E-state index is 0.0716. The summed E-state index contributed by atoms with van der Waals surface area (Å²) in [4.78, 5) is 29.1. The van der Waals surface area contributed by atoms with Crippen LogP contribution >= 0.6 is 0 Å². The summed E-state index contributed by atoms with van der Waals surface area (Å²) in [5.41, 5.74) is 2.41. The van der Waals surface area contributed by atoms with Crippen molar-refractivity contribution in [2.45, 2.75) is 57.5 Å². The molecule has 3 atom stereocenters. The fourth-order valence-electron chi connectivity index (χ4n) is 6.25. The number of nitrogens with one attached hydrogen (secondary N) is 1. The zero-order valence-corrected chi connectivity index (χ0v) is 23.1. The number of benzene rings is 2. The quantitative estimate of drug-likeness (QED) is 0.354. The Morgan fingerprint density at radius 3 is 2.29 bits per heavy atom. The van der Waals surface area contributed by atoms with Crippen LogP contribution in [0.1, 0.15) is 42.8 Å². The molecule has 2 aliphatic rings. The molecule has 2 aromatic carbocycles. The number of hydrogen-bond donors (Lipinski definition) is 2. The number of ether oxygens (including phenoxy) is 1. The number of aliphatic hydroxyl groups is 1. The number of aliphatic hydroxyl groups excluding tert-OH is 1. The van der Waals surface area contributed by atoms with Gasteiger partial charge in [0.15, 0.2) is 5.82 Å². The molecule has 0 bridgehead atoms. The first-order chi connectivity index (χ1) is 19.8. The van der Waals surface area contributed by atoms with Gasteiger partial charge in [0.2, 0.25) is 0 Å². The van der Waals surface area contributed by atoms with Crippen molar-refractivity contribution in [3.63, 3.8) is 0 Å². The Kier molecular flexibility index (Phi) is 7.58. The van der Waals surface area contributed by atoms with Gasteiger partial charge in [-0.25, -0.2) is 18.6 Å². The van der Waals surface area contributed by atoms with Crippen LogP contribution in [0.3, 0.4) is 0 Å². The van der Waals surface area contributed by atoms with E-state index in [2.05, 4.69) is 14.9 Å². The van der Waals surface area contributed by atoms with Crippen LogP contribution in [0.5, 0.6) is 0 Å². The number of aromatic nitrogens is 4. The molecule has 4 heterocycles. The van der Waals surface area contributed by atoms with Crippen molar-refractivity contribution in [3.8, 4) is 0 Å². The maximum absolute atomic E-state index is 13.8. The number of aryl methyl sites for hydroxylation is 1. The van der Waals surface area contributed by atoms with E-state index in [-0.39, 0.29) is 42.5 Å². The molecule has 0 radical (unpaired) electrons. The Labute approximate surface area is 236 Å². The lowest BCUT2D eigenvalue weighted by atomic mass is 9.93. The van der Waals surface area contributed by atoms with E-state index in [4.69, 9.17) is 9.72 Å². The first-order valence-electron chi connectivity index (χ1n) is 14.0. The van der Waals surface area contributed by atoms with Crippen LogP contribution in [0.4, 0.5) is 14.6 Å². The van der Waals surface area contributed by atoms with Gasteiger partial charge >= 0.3 is 5.69 Å². The van der Waals surface area contributed by atoms with Crippen LogP contribution in [0.15, 0.2) is 53.3 Å². The normalized spacial score (nSPS) is 21.8. The van der Waals surface area contributed by atoms with E-state index in [1.165, 1.54) is 24.3 Å². The van der Waals surface area contributed by atoms with Gasteiger partial charge in [-0.05, 0) is 62.1 Å². The third-order valence-electron chi connectivity index (χ3n) is 8.28. The van der Waals surface area contributed by atoms with Crippen LogP contribution < -0.4 is 10.6 Å². The second-order valence-electron chi connectivity index (χ2n) is 11.0. The molecule has 216 valence electrons. The van der Waals surface area contributed by atoms with Crippen molar-refractivity contribution in [2.75, 3.05) is 31.2 Å². The average Bonchev–Trinajstić information content (AvgIpc) is 3.59. The maximum Gasteiger partial charge on any atom is 0.348 e. The molecule has 2 N–H and O–H groups in total. The van der Waals surface area contributed by atoms with Crippen molar-refractivity contribution in [3.05, 3.63) is 87.6 Å². The SMILES string of the molecule is Cc1nc2c(N3C[C@@H](CO)N(C(c4ccc(F)cc4)c4ccc(F)cc4)C[C@@H]3C)nc(=O)[nH]c2n1C[C@@H]1CCCO1. The number of anilines is 1. The number of fused-ring (bicyclic) bond motifs is 1. The summed E-state index contributed by atoms with van der Waals surface area (Å²) in [6.45, 7) is 5.99. The Balaban J connectivity index is 1.36. The number of halogens is 2. The van der Waals surface area contributed by atoms with Crippen molar-refractivity contribution in [2.24, 2.45) is 0 Å². The molecule has 0 spiro atoms. The van der Waals surface area contributed by atoms with E-state index >= 15 is 0 Å². The molecule has 11 heteroatoms. The minimum atomic E-state index is -0.466. The number of piperazine rings is 1. The number of rotatable bonds is 7. The van der Waals surface area contributed by atoms with Crippen LogP contribution in [0.25, 0.3) is 11.2 Å². The van der Waals surface area contributed by atoms with E-state index in [9.17, 15) is 18.7 Å². The molecule has 4 aromatic rings. The summed E-state index contributed by atoms with van der Waals surface area (Å²) in [5.74, 6) is 0.547. The van der Waals surface area contributed by atoms with Crippen molar-refractivity contribution >= 4 is 17.0 Å². The Hall–Kier alpha value is -3.67. The highest BCUT2D eigenvalue weighted by Gasteiger charge is 2.38. The Morgan fingerprint density at radius 1 is 1.05 bits per heavy atom. The second-order valence-corrected chi connectivity index (χ2v) is 11.0. The molecule has 2 saturated heterocycles. The van der Waals surface area contributed by atoms with Crippen LogP contribution in [0, 0.1) is 18.6 Å². The standard InChI is InChI=1S/C30H34F2N6O3/c1-18-14-38(27(20-5-9-22(31)10-6-20)21-7-11-23(32)12-8-21)24(17-39)15-36(18)28-26-29(35-30(40)34-28)37(19(2)33-26)16-25-4-3-13-41-25/h5-12,18,24-25,27,39H,3-4,13-17H2,1-2H3,(H,34,35,40)/t18-,24-,25-/m0/s1. The fraction of sp³-hybridized carbons (Fsp3) is 0.433. The molecule has 2 fully saturated rings. The van der Waals surface area contributed by atoms with Crippen molar-refractivity contribution < 1.29 is 18.6 Å². The van der Waals surface area contributed by atoms with Crippen molar-refractivity contribution in [1.29, 1.82) is 0 Å². The molecular weight excluding hydrogens is 530 g/mol. The summed E-state index contributed by atoms with van der Waals surface area (Å²) < 4.78 is 35.5. The number of H-pyrrole nitrogens is 1. The molecule has 0 aliphatic carbocycles. The molecule has 9 nitrogen and oxygen atoms in total. The molecule has 0 amide bonds. The van der Waals surface area contributed by atoms with Gasteiger partial charge in [0.25, 0.3) is 0 Å². The zero-order valence-electron chi connectivity index (χ0n) is 23.1. The summed E-state index contributed by atoms with van der Waals surface area (Å²) in [6.07, 6.45) is 2.05. The lowest BCUT2D eigenvalue weighted by Gasteiger charge is -2.48. The van der Waals surface area contributed by atoms with Crippen LogP contribution in [-0.2, 0) is 11.3 Å². The van der Waals surface area contributed by atoms with Gasteiger partial charge in [0.1, 0.15) is 28.6 Å². The Bertz CT molecular complexity index is 1520. The van der Waals surface area contributed by atoms with E-state index in [0.717, 1.165) is 36.4 Å². The maximum atomic E-state index is 13.8. The van der Waals surface area contributed by atoms with Gasteiger partial charge in [-0.1, -0.05) is 24.3 Å². The topological polar surface area (TPSA) is 99.5 Å². The van der Waals surface area contributed by atoms with Gasteiger partial charge in [0.05, 0.1) is 31.3 Å². The monoisotopic (exact) mass is 564 g/mol. The van der Waals surface area contributed by atoms with Crippen LogP contribution in [-0.4, -0.2) is 74.0 Å². The predicted molar refractivity (Wildman–Crippen MR) is 151 cm³/mol. The lowest BCUT2D eigenvalue weighted by molar-refractivity contribution is 0.0724. The average molecular weight is 565 g/mol. The molecule has 2 aromatic heterocycles. The van der Waals surface area contributed by atoms with E-state index in [0.29, 0.717) is 36.6 Å². The number of nitrogens with zero attached hydrogens (tertiary/aromatic N) is 5. The third kappa shape index (κ3) is 5.37. The third-order valence-corrected chi connectivity index (χ3v) is 8.28. The first kappa shape index (κ1) is 27.5. The largest absolute Gasteiger partial charge is 0.395 e. The van der Waals surface area contributed by atoms with Gasteiger partial charge < -0.3 is 19.3 Å². The van der Waals surface area contributed by atoms with E-state index in [1.807, 2.05) is 23.3 Å². The zero-order chi connectivity index (χ0) is 28.7. The molecule has 2 aliphatic heterocycles. The summed E-state index contributed by atoms with van der Waals surface area (Å²) in [5, 5.41) is 10.6. The minimum Gasteiger partial charge on any atom is -0.395 e. The molecule has 6 rings (SSSR count). The molecular formula is C30H34F2N6O3. The second kappa shape index (κ2) is 11.3. The summed E-state index contributed by atoms with van der Waals surface area (Å²) in [7, 11) is 0. The smallest absolute Gasteiger partial charge is 0.348 e. The highest BCUT2D eigenvalue weighted by atomic mass is 19.1. The molecule has 0 unspecified atom stereocenters. The van der Waals surface area contributed by atoms with E-state index < -0.39 is 5.69 Å². The van der Waals surface area contributed by atoms with Crippen LogP contribution in [0.2, 0.25) is 0 Å². The van der Waals surface area contributed by atoms with Gasteiger partial charge in [-0.3, -0.25) is 9.88 Å². The molecule has 0 saturated carbocycles. The predicted octanol–water partition coefficient (Wildman–Crippen LogP) is 3.55. The number of aromatic amines is 1. The summed E-state index contributed by atoms with van der Waals surface area (Å²) in [6, 6.07) is 11.7. The van der Waals surface area contributed by atoms with Gasteiger partial charge in [-0.15, -0.1) is 0 Å². The van der Waals surface area contributed by atoms with Gasteiger partial charge in [0, 0.05) is 25.7 Å². The highest BCUT2D eigenvalue weighted by Crippen LogP contribution is 2.35. The van der Waals surface area contributed by atoms with E-state index in [1.54, 1.807) is 24.3 Å². The number of imidazole rings is 1. The Morgan fingerprint density at radius 2 is 1.71 bits per heavy atom. The fourth-order valence-corrected chi connectivity index (χ4v) is 6.25.